The summed E-state index contributed by atoms with van der Waals surface area (Å²) in [6, 6.07) is 5.44. The summed E-state index contributed by atoms with van der Waals surface area (Å²) in [6.07, 6.45) is 0.729. The van der Waals surface area contributed by atoms with Gasteiger partial charge in [0.05, 0.1) is 17.5 Å². The highest BCUT2D eigenvalue weighted by Crippen LogP contribution is 2.30. The van der Waals surface area contributed by atoms with E-state index < -0.39 is 11.7 Å². The summed E-state index contributed by atoms with van der Waals surface area (Å²) in [5.41, 5.74) is 1.52. The van der Waals surface area contributed by atoms with Gasteiger partial charge in [-0.1, -0.05) is 0 Å². The van der Waals surface area contributed by atoms with Crippen molar-refractivity contribution < 1.29 is 18.3 Å². The first-order chi connectivity index (χ1) is 12.8. The molecule has 9 heteroatoms. The lowest BCUT2D eigenvalue weighted by molar-refractivity contribution is -0.137. The number of hydrogen-bond donors (Lipinski definition) is 2. The van der Waals surface area contributed by atoms with Crippen LogP contribution in [-0.2, 0) is 12.7 Å². The molecule has 3 aromatic rings. The fourth-order valence-corrected chi connectivity index (χ4v) is 2.54. The van der Waals surface area contributed by atoms with E-state index in [-0.39, 0.29) is 12.4 Å². The molecule has 0 bridgehead atoms. The molecule has 0 unspecified atom stereocenters. The predicted molar refractivity (Wildman–Crippen MR) is 94.4 cm³/mol. The second kappa shape index (κ2) is 7.75. The average Bonchev–Trinajstić information content (AvgIpc) is 3.08. The summed E-state index contributed by atoms with van der Waals surface area (Å²) < 4.78 is 40.3. The molecule has 0 spiro atoms. The van der Waals surface area contributed by atoms with Gasteiger partial charge in [0.25, 0.3) is 0 Å². The number of rotatable bonds is 6. The minimum absolute atomic E-state index is 0.0625. The first-order valence-electron chi connectivity index (χ1n) is 8.28. The zero-order chi connectivity index (χ0) is 19.4. The molecule has 27 heavy (non-hydrogen) atoms. The Kier molecular flexibility index (Phi) is 5.41. The van der Waals surface area contributed by atoms with E-state index in [9.17, 15) is 13.2 Å². The Morgan fingerprint density at radius 3 is 2.74 bits per heavy atom. The molecule has 0 radical (unpaired) electrons. The van der Waals surface area contributed by atoms with E-state index in [1.807, 2.05) is 19.2 Å². The van der Waals surface area contributed by atoms with E-state index in [0.29, 0.717) is 24.5 Å². The number of aliphatic hydroxyl groups is 1. The number of halogens is 3. The number of nitrogens with one attached hydrogen (secondary N) is 1. The number of alkyl halides is 3. The lowest BCUT2D eigenvalue weighted by Gasteiger charge is -2.10. The summed E-state index contributed by atoms with van der Waals surface area (Å²) in [6.45, 7) is 2.53. The Balaban J connectivity index is 1.85. The maximum atomic E-state index is 12.9. The fourth-order valence-electron chi connectivity index (χ4n) is 2.54. The molecule has 3 aromatic heterocycles. The molecular formula is C18H18F3N5O. The number of aliphatic hydroxyl groups excluding tert-OH is 1. The summed E-state index contributed by atoms with van der Waals surface area (Å²) in [5, 5.41) is 15.9. The van der Waals surface area contributed by atoms with Gasteiger partial charge in [-0.2, -0.15) is 18.3 Å². The molecule has 6 nitrogen and oxygen atoms in total. The van der Waals surface area contributed by atoms with Crippen LogP contribution in [-0.4, -0.2) is 31.5 Å². The van der Waals surface area contributed by atoms with Crippen molar-refractivity contribution in [3.8, 4) is 11.3 Å². The third-order valence-electron chi connectivity index (χ3n) is 3.79. The SMILES string of the molecule is Cc1cc(Nc2cc(C(F)(F)F)ccn2)nc(-c2cnn(CCCO)c2)c1. The third-order valence-corrected chi connectivity index (χ3v) is 3.79. The number of aromatic nitrogens is 4. The molecule has 0 atom stereocenters. The van der Waals surface area contributed by atoms with E-state index >= 15 is 0 Å². The summed E-state index contributed by atoms with van der Waals surface area (Å²) in [7, 11) is 0. The minimum atomic E-state index is -4.44. The van der Waals surface area contributed by atoms with Gasteiger partial charge in [-0.3, -0.25) is 4.68 Å². The first kappa shape index (κ1) is 18.8. The van der Waals surface area contributed by atoms with Gasteiger partial charge in [0, 0.05) is 31.1 Å². The molecule has 3 rings (SSSR count). The van der Waals surface area contributed by atoms with Crippen LogP contribution in [0.3, 0.4) is 0 Å². The molecule has 0 aliphatic heterocycles. The van der Waals surface area contributed by atoms with Crippen molar-refractivity contribution >= 4 is 11.6 Å². The van der Waals surface area contributed by atoms with Crippen LogP contribution in [0.1, 0.15) is 17.5 Å². The van der Waals surface area contributed by atoms with E-state index in [1.54, 1.807) is 16.9 Å². The van der Waals surface area contributed by atoms with Crippen molar-refractivity contribution in [2.45, 2.75) is 26.1 Å². The van der Waals surface area contributed by atoms with Gasteiger partial charge in [-0.25, -0.2) is 9.97 Å². The number of anilines is 2. The van der Waals surface area contributed by atoms with Gasteiger partial charge >= 0.3 is 6.18 Å². The van der Waals surface area contributed by atoms with Crippen molar-refractivity contribution in [2.24, 2.45) is 0 Å². The van der Waals surface area contributed by atoms with E-state index in [0.717, 1.165) is 29.5 Å². The number of nitrogens with zero attached hydrogens (tertiary/aromatic N) is 4. The van der Waals surface area contributed by atoms with Crippen molar-refractivity contribution in [1.29, 1.82) is 0 Å². The smallest absolute Gasteiger partial charge is 0.396 e. The van der Waals surface area contributed by atoms with Gasteiger partial charge in [-0.05, 0) is 43.2 Å². The largest absolute Gasteiger partial charge is 0.416 e. The first-order valence-corrected chi connectivity index (χ1v) is 8.28. The molecule has 0 saturated heterocycles. The molecule has 0 saturated carbocycles. The maximum absolute atomic E-state index is 12.9. The Labute approximate surface area is 153 Å². The summed E-state index contributed by atoms with van der Waals surface area (Å²) in [5.74, 6) is 0.451. The molecule has 0 fully saturated rings. The van der Waals surface area contributed by atoms with E-state index in [2.05, 4.69) is 20.4 Å². The van der Waals surface area contributed by atoms with Gasteiger partial charge in [0.2, 0.25) is 0 Å². The van der Waals surface area contributed by atoms with Crippen LogP contribution in [0.2, 0.25) is 0 Å². The molecule has 0 aromatic carbocycles. The lowest BCUT2D eigenvalue weighted by atomic mass is 10.1. The second-order valence-corrected chi connectivity index (χ2v) is 6.04. The Bertz CT molecular complexity index is 923. The van der Waals surface area contributed by atoms with Crippen LogP contribution >= 0.6 is 0 Å². The molecule has 142 valence electrons. The quantitative estimate of drug-likeness (QED) is 0.684. The van der Waals surface area contributed by atoms with Crippen LogP contribution in [0.4, 0.5) is 24.8 Å². The number of pyridine rings is 2. The zero-order valence-corrected chi connectivity index (χ0v) is 14.5. The predicted octanol–water partition coefficient (Wildman–Crippen LogP) is 3.79. The molecule has 0 amide bonds. The third kappa shape index (κ3) is 4.82. The van der Waals surface area contributed by atoms with E-state index in [4.69, 9.17) is 5.11 Å². The average molecular weight is 377 g/mol. The number of aryl methyl sites for hydroxylation is 2. The van der Waals surface area contributed by atoms with Crippen LogP contribution in [0.25, 0.3) is 11.3 Å². The summed E-state index contributed by atoms with van der Waals surface area (Å²) in [4.78, 5) is 8.38. The fraction of sp³-hybridized carbons (Fsp3) is 0.278. The minimum Gasteiger partial charge on any atom is -0.396 e. The van der Waals surface area contributed by atoms with Crippen LogP contribution in [0.5, 0.6) is 0 Å². The maximum Gasteiger partial charge on any atom is 0.416 e. The highest BCUT2D eigenvalue weighted by molar-refractivity contribution is 5.63. The topological polar surface area (TPSA) is 75.9 Å². The summed E-state index contributed by atoms with van der Waals surface area (Å²) >= 11 is 0. The monoisotopic (exact) mass is 377 g/mol. The van der Waals surface area contributed by atoms with E-state index in [1.165, 1.54) is 0 Å². The highest BCUT2D eigenvalue weighted by Gasteiger charge is 2.30. The van der Waals surface area contributed by atoms with Crippen LogP contribution in [0.15, 0.2) is 42.9 Å². The van der Waals surface area contributed by atoms with Crippen LogP contribution < -0.4 is 5.32 Å². The number of hydrogen-bond acceptors (Lipinski definition) is 5. The van der Waals surface area contributed by atoms with Gasteiger partial charge < -0.3 is 10.4 Å². The zero-order valence-electron chi connectivity index (χ0n) is 14.5. The Morgan fingerprint density at radius 2 is 2.00 bits per heavy atom. The highest BCUT2D eigenvalue weighted by atomic mass is 19.4. The van der Waals surface area contributed by atoms with Gasteiger partial charge in [-0.15, -0.1) is 0 Å². The molecule has 0 aliphatic rings. The van der Waals surface area contributed by atoms with Crippen molar-refractivity contribution in [3.63, 3.8) is 0 Å². The molecule has 3 heterocycles. The van der Waals surface area contributed by atoms with Crippen molar-refractivity contribution in [1.82, 2.24) is 19.7 Å². The van der Waals surface area contributed by atoms with Crippen molar-refractivity contribution in [2.75, 3.05) is 11.9 Å². The van der Waals surface area contributed by atoms with Crippen molar-refractivity contribution in [3.05, 3.63) is 54.0 Å². The molecular weight excluding hydrogens is 359 g/mol. The van der Waals surface area contributed by atoms with Gasteiger partial charge in [0.15, 0.2) is 0 Å². The molecule has 2 N–H and O–H groups in total. The Morgan fingerprint density at radius 1 is 1.19 bits per heavy atom. The normalized spacial score (nSPS) is 11.6. The molecule has 0 aliphatic carbocycles. The second-order valence-electron chi connectivity index (χ2n) is 6.04. The standard InChI is InChI=1S/C18H18F3N5O/c1-12-7-15(13-10-23-26(11-13)5-2-6-27)24-17(8-12)25-16-9-14(3-4-22-16)18(19,20)21/h3-4,7-11,27H,2,5-6H2,1H3,(H,22,24,25). The Hall–Kier alpha value is -2.94. The van der Waals surface area contributed by atoms with Gasteiger partial charge in [0.1, 0.15) is 11.6 Å². The van der Waals surface area contributed by atoms with Crippen LogP contribution in [0, 0.1) is 6.92 Å². The lowest BCUT2D eigenvalue weighted by Crippen LogP contribution is -2.06.